The Bertz CT molecular complexity index is 332. The molecule has 0 amide bonds. The summed E-state index contributed by atoms with van der Waals surface area (Å²) in [5, 5.41) is 3.06. The van der Waals surface area contributed by atoms with E-state index >= 15 is 0 Å². The minimum Gasteiger partial charge on any atom is -0.497 e. The van der Waals surface area contributed by atoms with Crippen molar-refractivity contribution in [3.8, 4) is 17.6 Å². The minimum atomic E-state index is 0.220. The number of hydrogen-bond donors (Lipinski definition) is 1. The molecule has 0 spiro atoms. The third-order valence-electron chi connectivity index (χ3n) is 1.96. The molecule has 1 N–H and O–H groups in total. The second-order valence-corrected chi connectivity index (χ2v) is 3.01. The lowest BCUT2D eigenvalue weighted by Crippen LogP contribution is -2.18. The molecule has 1 unspecified atom stereocenters. The molecular formula is C12H15NO. The van der Waals surface area contributed by atoms with Gasteiger partial charge in [-0.1, -0.05) is 11.8 Å². The number of hydrogen-bond acceptors (Lipinski definition) is 2. The first-order chi connectivity index (χ1) is 6.76. The molecule has 0 bridgehead atoms. The fourth-order valence-corrected chi connectivity index (χ4v) is 0.938. The van der Waals surface area contributed by atoms with E-state index in [0.29, 0.717) is 0 Å². The molecule has 2 heteroatoms. The van der Waals surface area contributed by atoms with Crippen molar-refractivity contribution in [1.82, 2.24) is 5.32 Å². The van der Waals surface area contributed by atoms with E-state index in [9.17, 15) is 0 Å². The highest BCUT2D eigenvalue weighted by molar-refractivity contribution is 5.38. The van der Waals surface area contributed by atoms with E-state index in [4.69, 9.17) is 4.74 Å². The average molecular weight is 189 g/mol. The third kappa shape index (κ3) is 3.12. The van der Waals surface area contributed by atoms with Crippen LogP contribution in [0.25, 0.3) is 0 Å². The molecule has 0 aliphatic rings. The van der Waals surface area contributed by atoms with Gasteiger partial charge in [-0.3, -0.25) is 0 Å². The number of nitrogens with one attached hydrogen (secondary N) is 1. The zero-order chi connectivity index (χ0) is 10.4. The standard InChI is InChI=1S/C12H15NO/c1-10(13-2)4-5-11-6-8-12(14-3)9-7-11/h6-10,13H,1-3H3. The Kier molecular flexibility index (Phi) is 4.03. The summed E-state index contributed by atoms with van der Waals surface area (Å²) < 4.78 is 5.06. The molecule has 1 rings (SSSR count). The van der Waals surface area contributed by atoms with Crippen LogP contribution < -0.4 is 10.1 Å². The molecule has 0 aromatic heterocycles. The van der Waals surface area contributed by atoms with Crippen LogP contribution in [0.3, 0.4) is 0 Å². The molecular weight excluding hydrogens is 174 g/mol. The van der Waals surface area contributed by atoms with Crippen LogP contribution in [0.4, 0.5) is 0 Å². The van der Waals surface area contributed by atoms with Crippen molar-refractivity contribution < 1.29 is 4.74 Å². The van der Waals surface area contributed by atoms with Crippen LogP contribution in [0.15, 0.2) is 24.3 Å². The quantitative estimate of drug-likeness (QED) is 0.714. The van der Waals surface area contributed by atoms with Crippen LogP contribution in [0.2, 0.25) is 0 Å². The van der Waals surface area contributed by atoms with Crippen molar-refractivity contribution in [3.05, 3.63) is 29.8 Å². The lowest BCUT2D eigenvalue weighted by molar-refractivity contribution is 0.415. The van der Waals surface area contributed by atoms with Crippen molar-refractivity contribution in [2.24, 2.45) is 0 Å². The van der Waals surface area contributed by atoms with Crippen molar-refractivity contribution in [2.45, 2.75) is 13.0 Å². The molecule has 2 nitrogen and oxygen atoms in total. The van der Waals surface area contributed by atoms with Crippen molar-refractivity contribution in [1.29, 1.82) is 0 Å². The van der Waals surface area contributed by atoms with E-state index in [-0.39, 0.29) is 6.04 Å². The molecule has 1 aromatic rings. The zero-order valence-corrected chi connectivity index (χ0v) is 8.79. The fourth-order valence-electron chi connectivity index (χ4n) is 0.938. The fraction of sp³-hybridized carbons (Fsp3) is 0.333. The first kappa shape index (κ1) is 10.6. The van der Waals surface area contributed by atoms with Gasteiger partial charge in [0.2, 0.25) is 0 Å². The van der Waals surface area contributed by atoms with Crippen molar-refractivity contribution in [3.63, 3.8) is 0 Å². The lowest BCUT2D eigenvalue weighted by atomic mass is 10.2. The van der Waals surface area contributed by atoms with Crippen LogP contribution >= 0.6 is 0 Å². The first-order valence-corrected chi connectivity index (χ1v) is 4.59. The molecule has 0 heterocycles. The predicted molar refractivity (Wildman–Crippen MR) is 58.4 cm³/mol. The molecule has 0 aliphatic carbocycles. The van der Waals surface area contributed by atoms with Gasteiger partial charge in [0.15, 0.2) is 0 Å². The summed E-state index contributed by atoms with van der Waals surface area (Å²) in [6, 6.07) is 7.95. The number of rotatable bonds is 2. The predicted octanol–water partition coefficient (Wildman–Crippen LogP) is 1.65. The summed E-state index contributed by atoms with van der Waals surface area (Å²) in [6.07, 6.45) is 0. The summed E-state index contributed by atoms with van der Waals surface area (Å²) >= 11 is 0. The van der Waals surface area contributed by atoms with E-state index in [2.05, 4.69) is 17.2 Å². The van der Waals surface area contributed by atoms with Gasteiger partial charge in [0, 0.05) is 5.56 Å². The van der Waals surface area contributed by atoms with Gasteiger partial charge >= 0.3 is 0 Å². The van der Waals surface area contributed by atoms with Crippen LogP contribution in [0, 0.1) is 11.8 Å². The van der Waals surface area contributed by atoms with Gasteiger partial charge in [0.1, 0.15) is 5.75 Å². The molecule has 1 aromatic carbocycles. The van der Waals surface area contributed by atoms with E-state index in [1.54, 1.807) is 7.11 Å². The van der Waals surface area contributed by atoms with Crippen LogP contribution in [0.1, 0.15) is 12.5 Å². The number of benzene rings is 1. The monoisotopic (exact) mass is 189 g/mol. The highest BCUT2D eigenvalue weighted by Crippen LogP contribution is 2.10. The Balaban J connectivity index is 2.71. The van der Waals surface area contributed by atoms with E-state index in [1.165, 1.54) is 0 Å². The highest BCUT2D eigenvalue weighted by atomic mass is 16.5. The molecule has 0 fully saturated rings. The van der Waals surface area contributed by atoms with E-state index in [1.807, 2.05) is 38.2 Å². The Morgan fingerprint density at radius 2 is 1.93 bits per heavy atom. The molecule has 0 saturated carbocycles. The van der Waals surface area contributed by atoms with E-state index in [0.717, 1.165) is 11.3 Å². The Morgan fingerprint density at radius 3 is 2.43 bits per heavy atom. The van der Waals surface area contributed by atoms with Gasteiger partial charge in [-0.05, 0) is 38.2 Å². The van der Waals surface area contributed by atoms with Gasteiger partial charge in [-0.15, -0.1) is 0 Å². The summed E-state index contributed by atoms with van der Waals surface area (Å²) in [6.45, 7) is 2.02. The molecule has 0 saturated heterocycles. The Morgan fingerprint density at radius 1 is 1.29 bits per heavy atom. The molecule has 14 heavy (non-hydrogen) atoms. The van der Waals surface area contributed by atoms with Gasteiger partial charge in [-0.25, -0.2) is 0 Å². The summed E-state index contributed by atoms with van der Waals surface area (Å²) in [7, 11) is 3.55. The van der Waals surface area contributed by atoms with Crippen LogP contribution in [0.5, 0.6) is 5.75 Å². The van der Waals surface area contributed by atoms with Gasteiger partial charge in [0.25, 0.3) is 0 Å². The number of ether oxygens (including phenoxy) is 1. The maximum atomic E-state index is 5.06. The lowest BCUT2D eigenvalue weighted by Gasteiger charge is -1.99. The second-order valence-electron chi connectivity index (χ2n) is 3.01. The Hall–Kier alpha value is -1.46. The molecule has 74 valence electrons. The normalized spacial score (nSPS) is 11.4. The highest BCUT2D eigenvalue weighted by Gasteiger charge is 1.91. The minimum absolute atomic E-state index is 0.220. The van der Waals surface area contributed by atoms with E-state index < -0.39 is 0 Å². The largest absolute Gasteiger partial charge is 0.497 e. The van der Waals surface area contributed by atoms with Gasteiger partial charge in [0.05, 0.1) is 13.2 Å². The first-order valence-electron chi connectivity index (χ1n) is 4.59. The SMILES string of the molecule is CNC(C)C#Cc1ccc(OC)cc1. The number of methoxy groups -OCH3 is 1. The van der Waals surface area contributed by atoms with Gasteiger partial charge < -0.3 is 10.1 Å². The van der Waals surface area contributed by atoms with Crippen LogP contribution in [-0.4, -0.2) is 20.2 Å². The third-order valence-corrected chi connectivity index (χ3v) is 1.96. The summed E-state index contributed by atoms with van der Waals surface area (Å²) in [5.41, 5.74) is 1.01. The average Bonchev–Trinajstić information content (AvgIpc) is 2.26. The molecule has 0 aliphatic heterocycles. The molecule has 0 radical (unpaired) electrons. The Labute approximate surface area is 85.3 Å². The molecule has 1 atom stereocenters. The van der Waals surface area contributed by atoms with Crippen LogP contribution in [-0.2, 0) is 0 Å². The second kappa shape index (κ2) is 5.31. The summed E-state index contributed by atoms with van der Waals surface area (Å²) in [5.74, 6) is 7.02. The van der Waals surface area contributed by atoms with Crippen molar-refractivity contribution >= 4 is 0 Å². The maximum Gasteiger partial charge on any atom is 0.118 e. The maximum absolute atomic E-state index is 5.06. The van der Waals surface area contributed by atoms with Crippen molar-refractivity contribution in [2.75, 3.05) is 14.2 Å². The topological polar surface area (TPSA) is 21.3 Å². The zero-order valence-electron chi connectivity index (χ0n) is 8.79. The summed E-state index contributed by atoms with van der Waals surface area (Å²) in [4.78, 5) is 0. The van der Waals surface area contributed by atoms with Gasteiger partial charge in [-0.2, -0.15) is 0 Å². The smallest absolute Gasteiger partial charge is 0.118 e.